The minimum atomic E-state index is -0.574. The Labute approximate surface area is 154 Å². The van der Waals surface area contributed by atoms with Gasteiger partial charge in [-0.1, -0.05) is 18.6 Å². The van der Waals surface area contributed by atoms with Gasteiger partial charge in [-0.15, -0.1) is 0 Å². The molecule has 3 amide bonds. The molecule has 1 unspecified atom stereocenters. The second-order valence-electron chi connectivity index (χ2n) is 7.32. The molecule has 1 atom stereocenters. The highest BCUT2D eigenvalue weighted by atomic mass is 16.2. The molecule has 1 aromatic carbocycles. The second kappa shape index (κ2) is 8.34. The van der Waals surface area contributed by atoms with Crippen molar-refractivity contribution in [2.75, 3.05) is 11.9 Å². The van der Waals surface area contributed by atoms with Crippen LogP contribution in [0.25, 0.3) is 0 Å². The average molecular weight is 357 g/mol. The van der Waals surface area contributed by atoms with Crippen LogP contribution in [-0.4, -0.2) is 35.2 Å². The lowest BCUT2D eigenvalue weighted by atomic mass is 9.84. The summed E-state index contributed by atoms with van der Waals surface area (Å²) < 4.78 is 0. The van der Waals surface area contributed by atoms with E-state index in [0.717, 1.165) is 44.2 Å². The highest BCUT2D eigenvalue weighted by molar-refractivity contribution is 5.97. The summed E-state index contributed by atoms with van der Waals surface area (Å²) in [5, 5.41) is 5.64. The van der Waals surface area contributed by atoms with Crippen molar-refractivity contribution >= 4 is 23.4 Å². The Hall–Kier alpha value is -2.37. The standard InChI is InChI=1S/C20H27N3O3/c1-14(21-20(26)16-7-5-8-16)19(25)22-17-9-4-6-15(12-17)13-23-11-3-2-10-18(23)24/h4,6,9,12,14,16H,2-3,5,7-8,10-11,13H2,1H3,(H,21,26)(H,22,25). The topological polar surface area (TPSA) is 78.5 Å². The summed E-state index contributed by atoms with van der Waals surface area (Å²) in [6, 6.07) is 6.96. The molecule has 1 saturated heterocycles. The SMILES string of the molecule is CC(NC(=O)C1CCC1)C(=O)Nc1cccc(CN2CCCCC2=O)c1. The molecular formula is C20H27N3O3. The number of piperidine rings is 1. The fourth-order valence-corrected chi connectivity index (χ4v) is 3.31. The Morgan fingerprint density at radius 2 is 2.04 bits per heavy atom. The number of likely N-dealkylation sites (tertiary alicyclic amines) is 1. The van der Waals surface area contributed by atoms with Crippen LogP contribution in [0.15, 0.2) is 24.3 Å². The molecule has 0 spiro atoms. The summed E-state index contributed by atoms with van der Waals surface area (Å²) in [6.45, 7) is 3.05. The molecule has 2 aliphatic rings. The molecule has 140 valence electrons. The van der Waals surface area contributed by atoms with Crippen LogP contribution in [0.5, 0.6) is 0 Å². The summed E-state index contributed by atoms with van der Waals surface area (Å²) in [6.07, 6.45) is 5.55. The van der Waals surface area contributed by atoms with Crippen molar-refractivity contribution in [1.29, 1.82) is 0 Å². The van der Waals surface area contributed by atoms with Gasteiger partial charge in [0.05, 0.1) is 0 Å². The highest BCUT2D eigenvalue weighted by Gasteiger charge is 2.27. The number of hydrogen-bond acceptors (Lipinski definition) is 3. The van der Waals surface area contributed by atoms with E-state index in [1.54, 1.807) is 6.92 Å². The van der Waals surface area contributed by atoms with E-state index in [2.05, 4.69) is 10.6 Å². The molecule has 1 heterocycles. The molecule has 6 heteroatoms. The summed E-state index contributed by atoms with van der Waals surface area (Å²) >= 11 is 0. The van der Waals surface area contributed by atoms with Crippen LogP contribution in [0, 0.1) is 5.92 Å². The van der Waals surface area contributed by atoms with Gasteiger partial charge in [0.15, 0.2) is 0 Å². The molecule has 1 aliphatic carbocycles. The summed E-state index contributed by atoms with van der Waals surface area (Å²) in [4.78, 5) is 38.1. The molecule has 26 heavy (non-hydrogen) atoms. The summed E-state index contributed by atoms with van der Waals surface area (Å²) in [7, 11) is 0. The number of rotatable bonds is 6. The van der Waals surface area contributed by atoms with E-state index < -0.39 is 6.04 Å². The largest absolute Gasteiger partial charge is 0.344 e. The zero-order chi connectivity index (χ0) is 18.5. The minimum absolute atomic E-state index is 0.0312. The zero-order valence-corrected chi connectivity index (χ0v) is 15.3. The quantitative estimate of drug-likeness (QED) is 0.821. The van der Waals surface area contributed by atoms with Gasteiger partial charge >= 0.3 is 0 Å². The van der Waals surface area contributed by atoms with E-state index in [-0.39, 0.29) is 23.6 Å². The predicted octanol–water partition coefficient (Wildman–Crippen LogP) is 2.44. The average Bonchev–Trinajstić information content (AvgIpc) is 2.55. The Morgan fingerprint density at radius 3 is 2.73 bits per heavy atom. The van der Waals surface area contributed by atoms with E-state index in [0.29, 0.717) is 18.7 Å². The van der Waals surface area contributed by atoms with Crippen molar-refractivity contribution < 1.29 is 14.4 Å². The number of carbonyl (C=O) groups excluding carboxylic acids is 3. The van der Waals surface area contributed by atoms with E-state index >= 15 is 0 Å². The first-order chi connectivity index (χ1) is 12.5. The first kappa shape index (κ1) is 18.4. The van der Waals surface area contributed by atoms with Crippen LogP contribution in [0.2, 0.25) is 0 Å². The van der Waals surface area contributed by atoms with Crippen LogP contribution >= 0.6 is 0 Å². The molecule has 0 bridgehead atoms. The maximum absolute atomic E-state index is 12.3. The first-order valence-electron chi connectivity index (χ1n) is 9.51. The molecule has 0 aromatic heterocycles. The maximum Gasteiger partial charge on any atom is 0.246 e. The third-order valence-electron chi connectivity index (χ3n) is 5.22. The van der Waals surface area contributed by atoms with Crippen molar-refractivity contribution in [3.05, 3.63) is 29.8 Å². The summed E-state index contributed by atoms with van der Waals surface area (Å²) in [5.74, 6) is -0.00573. The Bertz CT molecular complexity index is 685. The number of carbonyl (C=O) groups is 3. The van der Waals surface area contributed by atoms with Gasteiger partial charge in [0, 0.05) is 31.1 Å². The molecule has 2 fully saturated rings. The summed E-state index contributed by atoms with van der Waals surface area (Å²) in [5.41, 5.74) is 1.67. The van der Waals surface area contributed by atoms with Crippen molar-refractivity contribution in [3.63, 3.8) is 0 Å². The Kier molecular flexibility index (Phi) is 5.91. The maximum atomic E-state index is 12.3. The van der Waals surface area contributed by atoms with E-state index in [1.165, 1.54) is 0 Å². The molecule has 6 nitrogen and oxygen atoms in total. The molecule has 1 aromatic rings. The van der Waals surface area contributed by atoms with Crippen LogP contribution in [-0.2, 0) is 20.9 Å². The number of anilines is 1. The van der Waals surface area contributed by atoms with Gasteiger partial charge < -0.3 is 15.5 Å². The molecule has 0 radical (unpaired) electrons. The van der Waals surface area contributed by atoms with Gasteiger partial charge in [-0.2, -0.15) is 0 Å². The number of nitrogens with one attached hydrogen (secondary N) is 2. The zero-order valence-electron chi connectivity index (χ0n) is 15.3. The van der Waals surface area contributed by atoms with E-state index in [4.69, 9.17) is 0 Å². The van der Waals surface area contributed by atoms with Gasteiger partial charge in [-0.05, 0) is 50.3 Å². The van der Waals surface area contributed by atoms with Gasteiger partial charge in [0.1, 0.15) is 6.04 Å². The number of nitrogens with zero attached hydrogens (tertiary/aromatic N) is 1. The van der Waals surface area contributed by atoms with Crippen LogP contribution in [0.3, 0.4) is 0 Å². The minimum Gasteiger partial charge on any atom is -0.344 e. The molecular weight excluding hydrogens is 330 g/mol. The monoisotopic (exact) mass is 357 g/mol. The lowest BCUT2D eigenvalue weighted by molar-refractivity contribution is -0.133. The number of hydrogen-bond donors (Lipinski definition) is 2. The molecule has 1 saturated carbocycles. The van der Waals surface area contributed by atoms with Crippen molar-refractivity contribution in [1.82, 2.24) is 10.2 Å². The lowest BCUT2D eigenvalue weighted by Gasteiger charge is -2.27. The Balaban J connectivity index is 1.54. The number of benzene rings is 1. The fraction of sp³-hybridized carbons (Fsp3) is 0.550. The first-order valence-corrected chi connectivity index (χ1v) is 9.51. The third-order valence-corrected chi connectivity index (χ3v) is 5.22. The van der Waals surface area contributed by atoms with Gasteiger partial charge in [0.25, 0.3) is 0 Å². The van der Waals surface area contributed by atoms with E-state index in [1.807, 2.05) is 29.2 Å². The Morgan fingerprint density at radius 1 is 1.23 bits per heavy atom. The van der Waals surface area contributed by atoms with Crippen molar-refractivity contribution in [2.45, 2.75) is 58.0 Å². The van der Waals surface area contributed by atoms with Crippen LogP contribution in [0.1, 0.15) is 51.0 Å². The van der Waals surface area contributed by atoms with Crippen LogP contribution < -0.4 is 10.6 Å². The fourth-order valence-electron chi connectivity index (χ4n) is 3.31. The predicted molar refractivity (Wildman–Crippen MR) is 99.3 cm³/mol. The normalized spacial score (nSPS) is 18.8. The van der Waals surface area contributed by atoms with Gasteiger partial charge in [0.2, 0.25) is 17.7 Å². The lowest BCUT2D eigenvalue weighted by Crippen LogP contribution is -2.45. The highest BCUT2D eigenvalue weighted by Crippen LogP contribution is 2.26. The van der Waals surface area contributed by atoms with Crippen molar-refractivity contribution in [3.8, 4) is 0 Å². The smallest absolute Gasteiger partial charge is 0.246 e. The van der Waals surface area contributed by atoms with E-state index in [9.17, 15) is 14.4 Å². The van der Waals surface area contributed by atoms with Gasteiger partial charge in [-0.3, -0.25) is 14.4 Å². The number of amides is 3. The molecule has 3 rings (SSSR count). The van der Waals surface area contributed by atoms with Crippen LogP contribution in [0.4, 0.5) is 5.69 Å². The van der Waals surface area contributed by atoms with Gasteiger partial charge in [-0.25, -0.2) is 0 Å². The molecule has 1 aliphatic heterocycles. The third kappa shape index (κ3) is 4.62. The molecule has 2 N–H and O–H groups in total. The van der Waals surface area contributed by atoms with Crippen molar-refractivity contribution in [2.24, 2.45) is 5.92 Å². The second-order valence-corrected chi connectivity index (χ2v) is 7.32.